The number of amides is 1. The normalized spacial score (nSPS) is 21.7. The fourth-order valence-electron chi connectivity index (χ4n) is 4.95. The predicted molar refractivity (Wildman–Crippen MR) is 132 cm³/mol. The van der Waals surface area contributed by atoms with Crippen molar-refractivity contribution in [3.8, 4) is 5.69 Å². The topological polar surface area (TPSA) is 85.2 Å². The summed E-state index contributed by atoms with van der Waals surface area (Å²) in [5, 5.41) is 5.38. The van der Waals surface area contributed by atoms with Gasteiger partial charge in [-0.15, -0.1) is 5.10 Å². The molecule has 1 aromatic heterocycles. The van der Waals surface area contributed by atoms with Crippen LogP contribution in [0, 0.1) is 0 Å². The highest BCUT2D eigenvalue weighted by molar-refractivity contribution is 7.99. The second-order valence-electron chi connectivity index (χ2n) is 9.24. The predicted octanol–water partition coefficient (Wildman–Crippen LogP) is 4.22. The number of sulfone groups is 1. The molecule has 9 heteroatoms. The van der Waals surface area contributed by atoms with Crippen LogP contribution in [0.2, 0.25) is 0 Å². The van der Waals surface area contributed by atoms with E-state index in [0.29, 0.717) is 17.5 Å². The van der Waals surface area contributed by atoms with Crippen LogP contribution in [0.1, 0.15) is 70.5 Å². The zero-order chi connectivity index (χ0) is 23.4. The number of hydrogen-bond acceptors (Lipinski definition) is 6. The van der Waals surface area contributed by atoms with Gasteiger partial charge in [-0.25, -0.2) is 18.1 Å². The maximum atomic E-state index is 13.2. The Morgan fingerprint density at radius 1 is 1.18 bits per heavy atom. The highest BCUT2D eigenvalue weighted by atomic mass is 32.2. The minimum absolute atomic E-state index is 0.00374. The lowest BCUT2D eigenvalue weighted by atomic mass is 9.88. The molecule has 4 rings (SSSR count). The summed E-state index contributed by atoms with van der Waals surface area (Å²) in [5.74, 6) is 1.78. The van der Waals surface area contributed by atoms with Crippen LogP contribution in [0.25, 0.3) is 5.69 Å². The van der Waals surface area contributed by atoms with Gasteiger partial charge in [-0.2, -0.15) is 0 Å². The number of carbonyl (C=O) groups excluding carboxylic acids is 1. The van der Waals surface area contributed by atoms with Gasteiger partial charge < -0.3 is 4.90 Å². The largest absolute Gasteiger partial charge is 0.335 e. The van der Waals surface area contributed by atoms with Crippen LogP contribution in [0.3, 0.4) is 0 Å². The Morgan fingerprint density at radius 3 is 2.55 bits per heavy atom. The lowest BCUT2D eigenvalue weighted by Gasteiger charge is -2.33. The van der Waals surface area contributed by atoms with Crippen molar-refractivity contribution in [3.63, 3.8) is 0 Å². The smallest absolute Gasteiger partial charge is 0.233 e. The molecule has 180 valence electrons. The number of aromatic nitrogens is 3. The molecular weight excluding hydrogens is 456 g/mol. The third kappa shape index (κ3) is 5.80. The zero-order valence-corrected chi connectivity index (χ0v) is 21.2. The summed E-state index contributed by atoms with van der Waals surface area (Å²) < 4.78 is 26.0. The molecule has 0 unspecified atom stereocenters. The Labute approximate surface area is 201 Å². The van der Waals surface area contributed by atoms with Gasteiger partial charge in [0.1, 0.15) is 5.82 Å². The third-order valence-corrected chi connectivity index (χ3v) is 9.44. The fourth-order valence-corrected chi connectivity index (χ4v) is 7.36. The molecule has 33 heavy (non-hydrogen) atoms. The van der Waals surface area contributed by atoms with Crippen LogP contribution >= 0.6 is 11.8 Å². The van der Waals surface area contributed by atoms with Crippen molar-refractivity contribution < 1.29 is 13.2 Å². The van der Waals surface area contributed by atoms with Crippen molar-refractivity contribution in [2.24, 2.45) is 0 Å². The maximum absolute atomic E-state index is 13.2. The number of nitrogens with zero attached hydrogens (tertiary/aromatic N) is 4. The van der Waals surface area contributed by atoms with E-state index in [0.717, 1.165) is 30.8 Å². The lowest BCUT2D eigenvalue weighted by Crippen LogP contribution is -2.47. The third-order valence-electron chi connectivity index (χ3n) is 6.86. The van der Waals surface area contributed by atoms with Crippen LogP contribution in [0.4, 0.5) is 0 Å². The molecule has 0 spiro atoms. The Kier molecular flexibility index (Phi) is 7.79. The first kappa shape index (κ1) is 24.3. The SMILES string of the molecule is CC[C@@H](C)N(C(=O)CSc1nc(C2CCCCC2)n(-c2ccccc2)n1)[C@@H]1CCS(=O)(=O)C1. The molecule has 2 atom stereocenters. The minimum atomic E-state index is -3.06. The van der Waals surface area contributed by atoms with Gasteiger partial charge in [-0.3, -0.25) is 4.79 Å². The van der Waals surface area contributed by atoms with Crippen LogP contribution in [0.15, 0.2) is 35.5 Å². The van der Waals surface area contributed by atoms with Crippen molar-refractivity contribution in [1.29, 1.82) is 0 Å². The standard InChI is InChI=1S/C24H34N4O3S2/c1-3-18(2)27(21-14-15-33(30,31)17-21)22(29)16-32-24-25-23(19-10-6-4-7-11-19)28(26-24)20-12-8-5-9-13-20/h5,8-9,12-13,18-19,21H,3-4,6-7,10-11,14-17H2,1-2H3/t18-,21-/m1/s1. The number of para-hydroxylation sites is 1. The van der Waals surface area contributed by atoms with E-state index in [-0.39, 0.29) is 35.2 Å². The van der Waals surface area contributed by atoms with Crippen molar-refractivity contribution in [3.05, 3.63) is 36.2 Å². The minimum Gasteiger partial charge on any atom is -0.335 e. The van der Waals surface area contributed by atoms with Gasteiger partial charge >= 0.3 is 0 Å². The molecule has 1 aliphatic heterocycles. The maximum Gasteiger partial charge on any atom is 0.233 e. The van der Waals surface area contributed by atoms with Crippen molar-refractivity contribution >= 4 is 27.5 Å². The molecule has 0 N–H and O–H groups in total. The molecule has 1 saturated carbocycles. The molecular formula is C24H34N4O3S2. The molecule has 2 aliphatic rings. The average molecular weight is 491 g/mol. The van der Waals surface area contributed by atoms with E-state index in [1.54, 1.807) is 4.90 Å². The van der Waals surface area contributed by atoms with Gasteiger partial charge in [-0.05, 0) is 44.7 Å². The summed E-state index contributed by atoms with van der Waals surface area (Å²) in [6.07, 6.45) is 7.24. The first-order valence-corrected chi connectivity index (χ1v) is 14.9. The Hall–Kier alpha value is -1.87. The Bertz CT molecular complexity index is 1050. The molecule has 7 nitrogen and oxygen atoms in total. The zero-order valence-electron chi connectivity index (χ0n) is 19.5. The molecule has 2 aromatic rings. The average Bonchev–Trinajstić information content (AvgIpc) is 3.42. The molecule has 2 heterocycles. The van der Waals surface area contributed by atoms with E-state index < -0.39 is 9.84 Å². The van der Waals surface area contributed by atoms with Crippen LogP contribution in [-0.2, 0) is 14.6 Å². The van der Waals surface area contributed by atoms with Gasteiger partial charge in [0.15, 0.2) is 9.84 Å². The number of benzene rings is 1. The van der Waals surface area contributed by atoms with Crippen LogP contribution in [0.5, 0.6) is 0 Å². The molecule has 1 saturated heterocycles. The second kappa shape index (κ2) is 10.6. The van der Waals surface area contributed by atoms with Crippen LogP contribution in [-0.4, -0.2) is 63.3 Å². The molecule has 1 aliphatic carbocycles. The van der Waals surface area contributed by atoms with Crippen molar-refractivity contribution in [2.75, 3.05) is 17.3 Å². The highest BCUT2D eigenvalue weighted by Gasteiger charge is 2.36. The van der Waals surface area contributed by atoms with E-state index in [2.05, 4.69) is 0 Å². The van der Waals surface area contributed by atoms with Gasteiger partial charge in [-0.1, -0.05) is 56.1 Å². The molecule has 2 fully saturated rings. The molecule has 1 amide bonds. The number of carbonyl (C=O) groups is 1. The first-order valence-electron chi connectivity index (χ1n) is 12.0. The summed E-state index contributed by atoms with van der Waals surface area (Å²) in [7, 11) is -3.06. The van der Waals surface area contributed by atoms with Crippen molar-refractivity contribution in [1.82, 2.24) is 19.7 Å². The summed E-state index contributed by atoms with van der Waals surface area (Å²) in [6, 6.07) is 9.82. The summed E-state index contributed by atoms with van der Waals surface area (Å²) >= 11 is 1.35. The van der Waals surface area contributed by atoms with E-state index >= 15 is 0 Å². The molecule has 1 aromatic carbocycles. The Balaban J connectivity index is 1.52. The van der Waals surface area contributed by atoms with E-state index in [9.17, 15) is 13.2 Å². The number of hydrogen-bond donors (Lipinski definition) is 0. The molecule has 0 bridgehead atoms. The molecule has 0 radical (unpaired) electrons. The van der Waals surface area contributed by atoms with E-state index in [1.165, 1.54) is 31.0 Å². The van der Waals surface area contributed by atoms with Crippen LogP contribution < -0.4 is 0 Å². The first-order chi connectivity index (χ1) is 15.9. The van der Waals surface area contributed by atoms with E-state index in [4.69, 9.17) is 10.1 Å². The van der Waals surface area contributed by atoms with E-state index in [1.807, 2.05) is 48.9 Å². The Morgan fingerprint density at radius 2 is 1.91 bits per heavy atom. The van der Waals surface area contributed by atoms with Crippen molar-refractivity contribution in [2.45, 2.75) is 82.0 Å². The summed E-state index contributed by atoms with van der Waals surface area (Å²) in [6.45, 7) is 4.03. The fraction of sp³-hybridized carbons (Fsp3) is 0.625. The van der Waals surface area contributed by atoms with Gasteiger partial charge in [0.2, 0.25) is 11.1 Å². The lowest BCUT2D eigenvalue weighted by molar-refractivity contribution is -0.132. The van der Waals surface area contributed by atoms with Gasteiger partial charge in [0, 0.05) is 18.0 Å². The second-order valence-corrected chi connectivity index (χ2v) is 12.4. The highest BCUT2D eigenvalue weighted by Crippen LogP contribution is 2.34. The monoisotopic (exact) mass is 490 g/mol. The van der Waals surface area contributed by atoms with Gasteiger partial charge in [0.25, 0.3) is 0 Å². The number of thioether (sulfide) groups is 1. The summed E-state index contributed by atoms with van der Waals surface area (Å²) in [5.41, 5.74) is 0.987. The van der Waals surface area contributed by atoms with Gasteiger partial charge in [0.05, 0.1) is 22.9 Å². The number of rotatable bonds is 8. The summed E-state index contributed by atoms with van der Waals surface area (Å²) in [4.78, 5) is 19.9. The quantitative estimate of drug-likeness (QED) is 0.515.